The van der Waals surface area contributed by atoms with Crippen LogP contribution in [0.1, 0.15) is 18.8 Å². The zero-order valence-electron chi connectivity index (χ0n) is 9.37. The first-order valence-corrected chi connectivity index (χ1v) is 5.20. The zero-order valence-corrected chi connectivity index (χ0v) is 9.37. The largest absolute Gasteiger partial charge is 0.504 e. The molecular formula is C12H13N3O2. The molecule has 1 aromatic heterocycles. The standard InChI is InChI=1S/C12H13N3O2/c1-8(13)12-14-6-9(7-15-12)17-11-5-3-2-4-10(11)16/h2-8,16H,13H2,1H3. The summed E-state index contributed by atoms with van der Waals surface area (Å²) in [6.07, 6.45) is 3.05. The van der Waals surface area contributed by atoms with Gasteiger partial charge in [0, 0.05) is 0 Å². The van der Waals surface area contributed by atoms with Crippen molar-refractivity contribution in [2.45, 2.75) is 13.0 Å². The summed E-state index contributed by atoms with van der Waals surface area (Å²) in [5.41, 5.74) is 5.63. The average Bonchev–Trinajstić information content (AvgIpc) is 2.33. The van der Waals surface area contributed by atoms with Gasteiger partial charge >= 0.3 is 0 Å². The molecule has 0 amide bonds. The van der Waals surface area contributed by atoms with Gasteiger partial charge in [0.15, 0.2) is 17.2 Å². The number of rotatable bonds is 3. The summed E-state index contributed by atoms with van der Waals surface area (Å²) in [6.45, 7) is 1.80. The van der Waals surface area contributed by atoms with Gasteiger partial charge in [-0.3, -0.25) is 0 Å². The van der Waals surface area contributed by atoms with Crippen LogP contribution in [0.2, 0.25) is 0 Å². The number of hydrogen-bond acceptors (Lipinski definition) is 5. The third-order valence-electron chi connectivity index (χ3n) is 2.15. The number of benzene rings is 1. The molecule has 2 rings (SSSR count). The number of nitrogens with two attached hydrogens (primary N) is 1. The molecule has 1 aromatic carbocycles. The third kappa shape index (κ3) is 2.70. The van der Waals surface area contributed by atoms with Crippen molar-refractivity contribution >= 4 is 0 Å². The highest BCUT2D eigenvalue weighted by molar-refractivity contribution is 5.40. The van der Waals surface area contributed by atoms with E-state index in [1.807, 2.05) is 0 Å². The number of nitrogens with zero attached hydrogens (tertiary/aromatic N) is 2. The number of phenols is 1. The Bertz CT molecular complexity index is 497. The lowest BCUT2D eigenvalue weighted by Crippen LogP contribution is -2.09. The molecule has 0 aliphatic carbocycles. The second kappa shape index (κ2) is 4.80. The Hall–Kier alpha value is -2.14. The molecule has 3 N–H and O–H groups in total. The van der Waals surface area contributed by atoms with Crippen molar-refractivity contribution in [1.29, 1.82) is 0 Å². The minimum absolute atomic E-state index is 0.0729. The van der Waals surface area contributed by atoms with Crippen LogP contribution in [0, 0.1) is 0 Å². The summed E-state index contributed by atoms with van der Waals surface area (Å²) in [6, 6.07) is 6.49. The minimum atomic E-state index is -0.214. The second-order valence-electron chi connectivity index (χ2n) is 3.64. The molecule has 0 spiro atoms. The number of phenolic OH excluding ortho intramolecular Hbond substituents is 1. The van der Waals surface area contributed by atoms with Crippen LogP contribution in [0.4, 0.5) is 0 Å². The molecule has 0 saturated heterocycles. The highest BCUT2D eigenvalue weighted by atomic mass is 16.5. The monoisotopic (exact) mass is 231 g/mol. The van der Waals surface area contributed by atoms with Gasteiger partial charge in [-0.25, -0.2) is 9.97 Å². The van der Waals surface area contributed by atoms with Crippen molar-refractivity contribution in [3.63, 3.8) is 0 Å². The SMILES string of the molecule is CC(N)c1ncc(Oc2ccccc2O)cn1. The second-order valence-corrected chi connectivity index (χ2v) is 3.64. The van der Waals surface area contributed by atoms with Crippen molar-refractivity contribution in [2.24, 2.45) is 5.73 Å². The number of aromatic hydroxyl groups is 1. The van der Waals surface area contributed by atoms with Gasteiger partial charge in [-0.05, 0) is 19.1 Å². The maximum atomic E-state index is 9.53. The topological polar surface area (TPSA) is 81.3 Å². The molecule has 1 atom stereocenters. The van der Waals surface area contributed by atoms with Gasteiger partial charge in [0.25, 0.3) is 0 Å². The lowest BCUT2D eigenvalue weighted by atomic mass is 10.3. The smallest absolute Gasteiger partial charge is 0.169 e. The van der Waals surface area contributed by atoms with Crippen LogP contribution in [0.5, 0.6) is 17.2 Å². The molecule has 5 nitrogen and oxygen atoms in total. The number of hydrogen-bond donors (Lipinski definition) is 2. The highest BCUT2D eigenvalue weighted by Crippen LogP contribution is 2.29. The maximum Gasteiger partial charge on any atom is 0.169 e. The van der Waals surface area contributed by atoms with Crippen LogP contribution >= 0.6 is 0 Å². The summed E-state index contributed by atoms with van der Waals surface area (Å²) < 4.78 is 5.43. The molecule has 17 heavy (non-hydrogen) atoms. The Labute approximate surface area is 98.9 Å². The first kappa shape index (κ1) is 11.3. The van der Waals surface area contributed by atoms with Crippen LogP contribution in [-0.4, -0.2) is 15.1 Å². The van der Waals surface area contributed by atoms with Gasteiger partial charge in [-0.2, -0.15) is 0 Å². The Kier molecular flexibility index (Phi) is 3.20. The zero-order chi connectivity index (χ0) is 12.3. The van der Waals surface area contributed by atoms with Gasteiger partial charge in [0.2, 0.25) is 0 Å². The summed E-state index contributed by atoms with van der Waals surface area (Å²) in [5.74, 6) is 1.44. The Morgan fingerprint density at radius 3 is 2.47 bits per heavy atom. The number of aromatic nitrogens is 2. The quantitative estimate of drug-likeness (QED) is 0.844. The first-order valence-electron chi connectivity index (χ1n) is 5.20. The van der Waals surface area contributed by atoms with Crippen molar-refractivity contribution in [3.05, 3.63) is 42.5 Å². The fraction of sp³-hybridized carbons (Fsp3) is 0.167. The lowest BCUT2D eigenvalue weighted by molar-refractivity contribution is 0.409. The van der Waals surface area contributed by atoms with E-state index in [1.165, 1.54) is 12.4 Å². The summed E-state index contributed by atoms with van der Waals surface area (Å²) in [7, 11) is 0. The predicted octanol–water partition coefficient (Wildman–Crippen LogP) is 1.99. The van der Waals surface area contributed by atoms with Gasteiger partial charge in [-0.15, -0.1) is 0 Å². The van der Waals surface area contributed by atoms with E-state index in [0.29, 0.717) is 17.3 Å². The molecule has 0 aliphatic heterocycles. The minimum Gasteiger partial charge on any atom is -0.504 e. The average molecular weight is 231 g/mol. The van der Waals surface area contributed by atoms with Crippen molar-refractivity contribution < 1.29 is 9.84 Å². The molecule has 88 valence electrons. The number of para-hydroxylation sites is 2. The molecule has 0 bridgehead atoms. The molecule has 2 aromatic rings. The summed E-state index contributed by atoms with van der Waals surface area (Å²) >= 11 is 0. The van der Waals surface area contributed by atoms with Gasteiger partial charge in [-0.1, -0.05) is 12.1 Å². The van der Waals surface area contributed by atoms with Gasteiger partial charge in [0.1, 0.15) is 5.82 Å². The molecule has 0 saturated carbocycles. The van der Waals surface area contributed by atoms with Crippen LogP contribution in [-0.2, 0) is 0 Å². The summed E-state index contributed by atoms with van der Waals surface area (Å²) in [5, 5.41) is 9.53. The van der Waals surface area contributed by atoms with E-state index < -0.39 is 0 Å². The van der Waals surface area contributed by atoms with E-state index in [9.17, 15) is 5.11 Å². The molecule has 5 heteroatoms. The molecule has 1 unspecified atom stereocenters. The van der Waals surface area contributed by atoms with E-state index >= 15 is 0 Å². The first-order chi connectivity index (χ1) is 8.16. The van der Waals surface area contributed by atoms with Crippen LogP contribution in [0.15, 0.2) is 36.7 Å². The number of ether oxygens (including phenoxy) is 1. The molecule has 0 radical (unpaired) electrons. The predicted molar refractivity (Wildman–Crippen MR) is 62.8 cm³/mol. The Balaban J connectivity index is 2.17. The molecule has 0 aliphatic rings. The Morgan fingerprint density at radius 1 is 1.24 bits per heavy atom. The molecule has 1 heterocycles. The fourth-order valence-electron chi connectivity index (χ4n) is 1.28. The van der Waals surface area contributed by atoms with E-state index in [-0.39, 0.29) is 11.8 Å². The van der Waals surface area contributed by atoms with Crippen molar-refractivity contribution in [1.82, 2.24) is 9.97 Å². The normalized spacial score (nSPS) is 12.1. The molecular weight excluding hydrogens is 218 g/mol. The van der Waals surface area contributed by atoms with Gasteiger partial charge < -0.3 is 15.6 Å². The van der Waals surface area contributed by atoms with Crippen LogP contribution in [0.25, 0.3) is 0 Å². The van der Waals surface area contributed by atoms with E-state index in [0.717, 1.165) is 0 Å². The van der Waals surface area contributed by atoms with E-state index in [4.69, 9.17) is 10.5 Å². The van der Waals surface area contributed by atoms with Crippen molar-refractivity contribution in [3.8, 4) is 17.2 Å². The highest BCUT2D eigenvalue weighted by Gasteiger charge is 2.05. The van der Waals surface area contributed by atoms with E-state index in [1.54, 1.807) is 31.2 Å². The third-order valence-corrected chi connectivity index (χ3v) is 2.15. The summed E-state index contributed by atoms with van der Waals surface area (Å²) in [4.78, 5) is 8.12. The lowest BCUT2D eigenvalue weighted by Gasteiger charge is -2.07. The fourth-order valence-corrected chi connectivity index (χ4v) is 1.28. The van der Waals surface area contributed by atoms with Crippen LogP contribution < -0.4 is 10.5 Å². The Morgan fingerprint density at radius 2 is 1.88 bits per heavy atom. The van der Waals surface area contributed by atoms with Crippen molar-refractivity contribution in [2.75, 3.05) is 0 Å². The van der Waals surface area contributed by atoms with Gasteiger partial charge in [0.05, 0.1) is 18.4 Å². The van der Waals surface area contributed by atoms with E-state index in [2.05, 4.69) is 9.97 Å². The maximum absolute atomic E-state index is 9.53. The molecule has 0 fully saturated rings. The van der Waals surface area contributed by atoms with Crippen LogP contribution in [0.3, 0.4) is 0 Å².